The Morgan fingerprint density at radius 3 is 2.73 bits per heavy atom. The van der Waals surface area contributed by atoms with Gasteiger partial charge < -0.3 is 15.4 Å². The maximum absolute atomic E-state index is 10.1. The number of H-pyrrole nitrogens is 1. The number of nitrogens with one attached hydrogen (secondary N) is 2. The van der Waals surface area contributed by atoms with Crippen LogP contribution < -0.4 is 5.32 Å². The van der Waals surface area contributed by atoms with E-state index in [-0.39, 0.29) is 0 Å². The van der Waals surface area contributed by atoms with E-state index in [0.29, 0.717) is 6.04 Å². The first-order chi connectivity index (χ1) is 12.4. The number of nitrogens with zero attached hydrogens (tertiary/aromatic N) is 1. The summed E-state index contributed by atoms with van der Waals surface area (Å²) in [6, 6.07) is 12.6. The zero-order valence-corrected chi connectivity index (χ0v) is 16.7. The van der Waals surface area contributed by atoms with Crippen LogP contribution in [-0.2, 0) is 18.6 Å². The smallest absolute Gasteiger partial charge is 0.106 e. The van der Waals surface area contributed by atoms with Crippen molar-refractivity contribution in [2.24, 2.45) is 0 Å². The average molecular weight is 414 g/mol. The van der Waals surface area contributed by atoms with Gasteiger partial charge in [0.1, 0.15) is 4.60 Å². The SMILES string of the molecule is CC(C)(O)c1ccc(CN[C@@H]2CCCc3c2[nH]c2ccc(Br)nc32)cc1. The van der Waals surface area contributed by atoms with Gasteiger partial charge in [-0.25, -0.2) is 4.98 Å². The number of aliphatic hydroxyl groups is 1. The minimum absolute atomic E-state index is 0.320. The number of halogens is 1. The van der Waals surface area contributed by atoms with Gasteiger partial charge in [-0.15, -0.1) is 0 Å². The highest BCUT2D eigenvalue weighted by molar-refractivity contribution is 9.10. The first-order valence-corrected chi connectivity index (χ1v) is 9.93. The molecule has 0 unspecified atom stereocenters. The summed E-state index contributed by atoms with van der Waals surface area (Å²) < 4.78 is 0.883. The van der Waals surface area contributed by atoms with E-state index in [4.69, 9.17) is 0 Å². The molecule has 0 fully saturated rings. The van der Waals surface area contributed by atoms with Gasteiger partial charge in [-0.1, -0.05) is 24.3 Å². The molecule has 1 atom stereocenters. The van der Waals surface area contributed by atoms with E-state index >= 15 is 0 Å². The maximum atomic E-state index is 10.1. The van der Waals surface area contributed by atoms with Gasteiger partial charge in [0.25, 0.3) is 0 Å². The highest BCUT2D eigenvalue weighted by atomic mass is 79.9. The summed E-state index contributed by atoms with van der Waals surface area (Å²) in [5, 5.41) is 13.8. The summed E-state index contributed by atoms with van der Waals surface area (Å²) in [5.74, 6) is 0. The lowest BCUT2D eigenvalue weighted by atomic mass is 9.92. The van der Waals surface area contributed by atoms with E-state index in [0.717, 1.165) is 40.6 Å². The van der Waals surface area contributed by atoms with Crippen molar-refractivity contribution in [3.05, 3.63) is 63.4 Å². The van der Waals surface area contributed by atoms with Gasteiger partial charge in [0.15, 0.2) is 0 Å². The third-order valence-electron chi connectivity index (χ3n) is 5.22. The van der Waals surface area contributed by atoms with Crippen molar-refractivity contribution in [1.29, 1.82) is 0 Å². The lowest BCUT2D eigenvalue weighted by Crippen LogP contribution is -2.25. The topological polar surface area (TPSA) is 60.9 Å². The van der Waals surface area contributed by atoms with Crippen molar-refractivity contribution in [3.8, 4) is 0 Å². The third kappa shape index (κ3) is 3.43. The van der Waals surface area contributed by atoms with Crippen LogP contribution >= 0.6 is 15.9 Å². The maximum Gasteiger partial charge on any atom is 0.106 e. The summed E-state index contributed by atoms with van der Waals surface area (Å²) in [4.78, 5) is 8.25. The van der Waals surface area contributed by atoms with Gasteiger partial charge in [-0.05, 0) is 72.3 Å². The Morgan fingerprint density at radius 2 is 2.00 bits per heavy atom. The fourth-order valence-electron chi connectivity index (χ4n) is 3.77. The minimum Gasteiger partial charge on any atom is -0.386 e. The van der Waals surface area contributed by atoms with Crippen LogP contribution in [-0.4, -0.2) is 15.1 Å². The number of benzene rings is 1. The summed E-state index contributed by atoms with van der Waals surface area (Å²) in [7, 11) is 0. The largest absolute Gasteiger partial charge is 0.386 e. The number of pyridine rings is 1. The molecule has 1 aromatic carbocycles. The van der Waals surface area contributed by atoms with Gasteiger partial charge in [-0.2, -0.15) is 0 Å². The van der Waals surface area contributed by atoms with Gasteiger partial charge in [0.2, 0.25) is 0 Å². The molecule has 1 aliphatic rings. The number of rotatable bonds is 4. The zero-order valence-electron chi connectivity index (χ0n) is 15.1. The number of hydrogen-bond donors (Lipinski definition) is 3. The van der Waals surface area contributed by atoms with Crippen molar-refractivity contribution < 1.29 is 5.11 Å². The molecule has 1 aliphatic carbocycles. The number of fused-ring (bicyclic) bond motifs is 3. The van der Waals surface area contributed by atoms with Gasteiger partial charge in [-0.3, -0.25) is 0 Å². The van der Waals surface area contributed by atoms with Crippen molar-refractivity contribution >= 4 is 27.0 Å². The predicted molar refractivity (Wildman–Crippen MR) is 108 cm³/mol. The van der Waals surface area contributed by atoms with Gasteiger partial charge in [0.05, 0.1) is 16.6 Å². The lowest BCUT2D eigenvalue weighted by molar-refractivity contribution is 0.0786. The fourth-order valence-corrected chi connectivity index (χ4v) is 4.08. The lowest BCUT2D eigenvalue weighted by Gasteiger charge is -2.24. The van der Waals surface area contributed by atoms with E-state index in [1.165, 1.54) is 23.2 Å². The Bertz CT molecular complexity index is 925. The van der Waals surface area contributed by atoms with E-state index in [2.05, 4.69) is 49.4 Å². The average Bonchev–Trinajstić information content (AvgIpc) is 2.98. The molecule has 4 nitrogen and oxygen atoms in total. The van der Waals surface area contributed by atoms with E-state index in [9.17, 15) is 5.11 Å². The molecule has 0 aliphatic heterocycles. The van der Waals surface area contributed by atoms with Crippen LogP contribution in [0.2, 0.25) is 0 Å². The monoisotopic (exact) mass is 413 g/mol. The normalized spacial score (nSPS) is 17.5. The van der Waals surface area contributed by atoms with Crippen LogP contribution in [0.5, 0.6) is 0 Å². The van der Waals surface area contributed by atoms with Crippen LogP contribution in [0.3, 0.4) is 0 Å². The summed E-state index contributed by atoms with van der Waals surface area (Å²) >= 11 is 3.48. The second-order valence-corrected chi connectivity index (χ2v) is 8.44. The summed E-state index contributed by atoms with van der Waals surface area (Å²) in [5.41, 5.74) is 6.20. The van der Waals surface area contributed by atoms with Gasteiger partial charge >= 0.3 is 0 Å². The summed E-state index contributed by atoms with van der Waals surface area (Å²) in [6.45, 7) is 4.43. The molecule has 0 amide bonds. The van der Waals surface area contributed by atoms with Gasteiger partial charge in [0, 0.05) is 23.8 Å². The second kappa shape index (κ2) is 6.80. The van der Waals surface area contributed by atoms with Crippen molar-refractivity contribution in [3.63, 3.8) is 0 Å². The molecule has 0 bridgehead atoms. The second-order valence-electron chi connectivity index (χ2n) is 7.63. The molecular formula is C21H24BrN3O. The molecule has 0 radical (unpaired) electrons. The van der Waals surface area contributed by atoms with Crippen molar-refractivity contribution in [2.75, 3.05) is 0 Å². The Hall–Kier alpha value is -1.69. The number of aromatic amines is 1. The van der Waals surface area contributed by atoms with Crippen molar-refractivity contribution in [2.45, 2.75) is 51.3 Å². The highest BCUT2D eigenvalue weighted by Crippen LogP contribution is 2.34. The van der Waals surface area contributed by atoms with Crippen LogP contribution in [0.15, 0.2) is 41.0 Å². The van der Waals surface area contributed by atoms with E-state index in [1.54, 1.807) is 0 Å². The standard InChI is InChI=1S/C21H24BrN3O/c1-21(2,26)14-8-6-13(7-9-14)12-23-16-5-3-4-15-19(16)24-17-10-11-18(22)25-20(15)17/h6-11,16,23-24,26H,3-5,12H2,1-2H3/t16-/m1/s1. The van der Waals surface area contributed by atoms with Crippen LogP contribution in [0.4, 0.5) is 0 Å². The predicted octanol–water partition coefficient (Wildman–Crippen LogP) is 4.72. The highest BCUT2D eigenvalue weighted by Gasteiger charge is 2.24. The van der Waals surface area contributed by atoms with Crippen LogP contribution in [0.1, 0.15) is 55.1 Å². The van der Waals surface area contributed by atoms with Crippen LogP contribution in [0.25, 0.3) is 11.0 Å². The quantitative estimate of drug-likeness (QED) is 0.542. The molecule has 2 heterocycles. The molecule has 0 spiro atoms. The molecule has 26 heavy (non-hydrogen) atoms. The number of aryl methyl sites for hydroxylation is 1. The minimum atomic E-state index is -0.796. The molecule has 0 saturated heterocycles. The first kappa shape index (κ1) is 17.7. The molecule has 3 N–H and O–H groups in total. The number of aromatic nitrogens is 2. The Morgan fingerprint density at radius 1 is 1.23 bits per heavy atom. The van der Waals surface area contributed by atoms with E-state index in [1.807, 2.05) is 32.0 Å². The molecule has 4 rings (SSSR count). The van der Waals surface area contributed by atoms with Crippen molar-refractivity contribution in [1.82, 2.24) is 15.3 Å². The van der Waals surface area contributed by atoms with Crippen LogP contribution in [0, 0.1) is 0 Å². The molecular weight excluding hydrogens is 390 g/mol. The number of hydrogen-bond acceptors (Lipinski definition) is 3. The third-order valence-corrected chi connectivity index (χ3v) is 5.66. The van der Waals surface area contributed by atoms with E-state index < -0.39 is 5.60 Å². The molecule has 5 heteroatoms. The molecule has 136 valence electrons. The zero-order chi connectivity index (χ0) is 18.3. The molecule has 0 saturated carbocycles. The molecule has 3 aromatic rings. The molecule has 2 aromatic heterocycles. The first-order valence-electron chi connectivity index (χ1n) is 9.14. The Balaban J connectivity index is 1.53. The Labute approximate surface area is 162 Å². The Kier molecular flexibility index (Phi) is 4.63. The fraction of sp³-hybridized carbons (Fsp3) is 0.381. The summed E-state index contributed by atoms with van der Waals surface area (Å²) in [6.07, 6.45) is 3.38.